The SMILES string of the molecule is Cc1nn(C)cc1CN(C)C(=O)c1cccnc1N1CCNC(c2ccccc2)C1. The van der Waals surface area contributed by atoms with Crippen molar-refractivity contribution in [3.05, 3.63) is 77.2 Å². The zero-order valence-corrected chi connectivity index (χ0v) is 17.7. The molecule has 7 nitrogen and oxygen atoms in total. The molecule has 1 unspecified atom stereocenters. The number of rotatable bonds is 5. The zero-order valence-electron chi connectivity index (χ0n) is 17.7. The third-order valence-corrected chi connectivity index (χ3v) is 5.56. The molecule has 1 atom stereocenters. The van der Waals surface area contributed by atoms with Crippen molar-refractivity contribution < 1.29 is 4.79 Å². The molecule has 2 aromatic heterocycles. The number of carbonyl (C=O) groups excluding carboxylic acids is 1. The Hall–Kier alpha value is -3.19. The normalized spacial score (nSPS) is 16.5. The van der Waals surface area contributed by atoms with Crippen LogP contribution in [0.4, 0.5) is 5.82 Å². The molecule has 1 saturated heterocycles. The first-order chi connectivity index (χ1) is 14.5. The molecule has 0 saturated carbocycles. The number of aryl methyl sites for hydroxylation is 2. The molecule has 1 amide bonds. The average Bonchev–Trinajstić information content (AvgIpc) is 3.10. The summed E-state index contributed by atoms with van der Waals surface area (Å²) in [4.78, 5) is 21.8. The third kappa shape index (κ3) is 4.21. The number of hydrogen-bond acceptors (Lipinski definition) is 5. The van der Waals surface area contributed by atoms with Gasteiger partial charge in [-0.25, -0.2) is 4.98 Å². The van der Waals surface area contributed by atoms with E-state index < -0.39 is 0 Å². The van der Waals surface area contributed by atoms with E-state index in [1.54, 1.807) is 15.8 Å². The Labute approximate surface area is 177 Å². The van der Waals surface area contributed by atoms with Gasteiger partial charge in [0.1, 0.15) is 5.82 Å². The van der Waals surface area contributed by atoms with Crippen LogP contribution in [0, 0.1) is 6.92 Å². The highest BCUT2D eigenvalue weighted by molar-refractivity contribution is 5.98. The van der Waals surface area contributed by atoms with E-state index in [-0.39, 0.29) is 11.9 Å². The number of aromatic nitrogens is 3. The lowest BCUT2D eigenvalue weighted by Gasteiger charge is -2.35. The standard InChI is InChI=1S/C23H28N6O/c1-17-19(15-28(3)26-17)14-27(2)23(30)20-10-7-11-25-22(20)29-13-12-24-21(16-29)18-8-5-4-6-9-18/h4-11,15,21,24H,12-14,16H2,1-3H3. The van der Waals surface area contributed by atoms with Crippen LogP contribution in [0.5, 0.6) is 0 Å². The fourth-order valence-electron chi connectivity index (χ4n) is 4.00. The molecule has 4 rings (SSSR count). The van der Waals surface area contributed by atoms with Gasteiger partial charge in [0, 0.05) is 64.3 Å². The number of hydrogen-bond donors (Lipinski definition) is 1. The molecule has 7 heteroatoms. The minimum absolute atomic E-state index is 0.0313. The monoisotopic (exact) mass is 404 g/mol. The van der Waals surface area contributed by atoms with Crippen molar-refractivity contribution in [3.63, 3.8) is 0 Å². The summed E-state index contributed by atoms with van der Waals surface area (Å²) in [5.74, 6) is 0.718. The molecule has 1 fully saturated rings. The molecule has 0 radical (unpaired) electrons. The van der Waals surface area contributed by atoms with Crippen molar-refractivity contribution in [2.75, 3.05) is 31.6 Å². The number of anilines is 1. The molecular weight excluding hydrogens is 376 g/mol. The van der Waals surface area contributed by atoms with Gasteiger partial charge < -0.3 is 15.1 Å². The second kappa shape index (κ2) is 8.67. The number of carbonyl (C=O) groups is 1. The number of piperazine rings is 1. The minimum atomic E-state index is -0.0313. The second-order valence-electron chi connectivity index (χ2n) is 7.81. The Morgan fingerprint density at radius 1 is 1.23 bits per heavy atom. The summed E-state index contributed by atoms with van der Waals surface area (Å²) in [5, 5.41) is 7.95. The number of amides is 1. The molecule has 0 spiro atoms. The Morgan fingerprint density at radius 2 is 2.03 bits per heavy atom. The van der Waals surface area contributed by atoms with Crippen LogP contribution in [-0.2, 0) is 13.6 Å². The highest BCUT2D eigenvalue weighted by Crippen LogP contribution is 2.25. The topological polar surface area (TPSA) is 66.3 Å². The molecule has 1 aromatic carbocycles. The molecule has 0 bridgehead atoms. The Bertz CT molecular complexity index is 1020. The van der Waals surface area contributed by atoms with Gasteiger partial charge in [-0.2, -0.15) is 5.10 Å². The van der Waals surface area contributed by atoms with Crippen LogP contribution in [0.1, 0.15) is 33.2 Å². The van der Waals surface area contributed by atoms with Crippen LogP contribution in [0.25, 0.3) is 0 Å². The highest BCUT2D eigenvalue weighted by atomic mass is 16.2. The first-order valence-corrected chi connectivity index (χ1v) is 10.3. The smallest absolute Gasteiger partial charge is 0.257 e. The van der Waals surface area contributed by atoms with Crippen molar-refractivity contribution >= 4 is 11.7 Å². The maximum absolute atomic E-state index is 13.3. The summed E-state index contributed by atoms with van der Waals surface area (Å²) in [6.45, 7) is 4.90. The zero-order chi connectivity index (χ0) is 21.1. The van der Waals surface area contributed by atoms with E-state index in [4.69, 9.17) is 0 Å². The summed E-state index contributed by atoms with van der Waals surface area (Å²) >= 11 is 0. The molecule has 3 heterocycles. The molecule has 0 aliphatic carbocycles. The van der Waals surface area contributed by atoms with Crippen LogP contribution < -0.4 is 10.2 Å². The first kappa shape index (κ1) is 20.1. The fourth-order valence-corrected chi connectivity index (χ4v) is 4.00. The minimum Gasteiger partial charge on any atom is -0.353 e. The van der Waals surface area contributed by atoms with Crippen LogP contribution >= 0.6 is 0 Å². The predicted octanol–water partition coefficient (Wildman–Crippen LogP) is 2.55. The van der Waals surface area contributed by atoms with Gasteiger partial charge in [0.2, 0.25) is 0 Å². The summed E-state index contributed by atoms with van der Waals surface area (Å²) in [7, 11) is 3.72. The van der Waals surface area contributed by atoms with Gasteiger partial charge in [-0.05, 0) is 24.6 Å². The van der Waals surface area contributed by atoms with Crippen molar-refractivity contribution in [2.24, 2.45) is 7.05 Å². The molecule has 30 heavy (non-hydrogen) atoms. The van der Waals surface area contributed by atoms with Gasteiger partial charge in [-0.1, -0.05) is 30.3 Å². The van der Waals surface area contributed by atoms with Crippen LogP contribution in [0.15, 0.2) is 54.9 Å². The van der Waals surface area contributed by atoms with Gasteiger partial charge >= 0.3 is 0 Å². The van der Waals surface area contributed by atoms with E-state index in [0.29, 0.717) is 12.1 Å². The highest BCUT2D eigenvalue weighted by Gasteiger charge is 2.26. The second-order valence-corrected chi connectivity index (χ2v) is 7.81. The molecule has 1 aliphatic rings. The Morgan fingerprint density at radius 3 is 2.77 bits per heavy atom. The predicted molar refractivity (Wildman–Crippen MR) is 117 cm³/mol. The van der Waals surface area contributed by atoms with E-state index in [1.807, 2.05) is 45.4 Å². The number of nitrogens with one attached hydrogen (secondary N) is 1. The van der Waals surface area contributed by atoms with Gasteiger partial charge in [0.05, 0.1) is 11.3 Å². The lowest BCUT2D eigenvalue weighted by molar-refractivity contribution is 0.0785. The number of pyridine rings is 1. The molecular formula is C23H28N6O. The Kier molecular flexibility index (Phi) is 5.81. The van der Waals surface area contributed by atoms with Crippen molar-refractivity contribution in [2.45, 2.75) is 19.5 Å². The maximum atomic E-state index is 13.3. The van der Waals surface area contributed by atoms with Crippen LogP contribution in [0.3, 0.4) is 0 Å². The van der Waals surface area contributed by atoms with Crippen molar-refractivity contribution in [1.29, 1.82) is 0 Å². The van der Waals surface area contributed by atoms with Crippen LogP contribution in [0.2, 0.25) is 0 Å². The quantitative estimate of drug-likeness (QED) is 0.708. The number of benzene rings is 1. The van der Waals surface area contributed by atoms with Gasteiger partial charge in [-0.15, -0.1) is 0 Å². The van der Waals surface area contributed by atoms with Crippen molar-refractivity contribution in [1.82, 2.24) is 25.0 Å². The molecule has 156 valence electrons. The van der Waals surface area contributed by atoms with Crippen molar-refractivity contribution in [3.8, 4) is 0 Å². The van der Waals surface area contributed by atoms with Crippen LogP contribution in [-0.4, -0.2) is 52.3 Å². The lowest BCUT2D eigenvalue weighted by atomic mass is 10.0. The third-order valence-electron chi connectivity index (χ3n) is 5.56. The molecule has 1 aliphatic heterocycles. The summed E-state index contributed by atoms with van der Waals surface area (Å²) in [6, 6.07) is 14.3. The molecule has 1 N–H and O–H groups in total. The summed E-state index contributed by atoms with van der Waals surface area (Å²) in [6.07, 6.45) is 3.72. The largest absolute Gasteiger partial charge is 0.353 e. The summed E-state index contributed by atoms with van der Waals surface area (Å²) in [5.41, 5.74) is 3.87. The average molecular weight is 405 g/mol. The van der Waals surface area contributed by atoms with E-state index >= 15 is 0 Å². The van der Waals surface area contributed by atoms with Gasteiger partial charge in [0.25, 0.3) is 5.91 Å². The van der Waals surface area contributed by atoms with E-state index in [0.717, 1.165) is 36.7 Å². The first-order valence-electron chi connectivity index (χ1n) is 10.3. The van der Waals surface area contributed by atoms with Gasteiger partial charge in [0.15, 0.2) is 0 Å². The van der Waals surface area contributed by atoms with Gasteiger partial charge in [-0.3, -0.25) is 9.48 Å². The van der Waals surface area contributed by atoms with E-state index in [2.05, 4.69) is 44.6 Å². The fraction of sp³-hybridized carbons (Fsp3) is 0.348. The van der Waals surface area contributed by atoms with E-state index in [1.165, 1.54) is 5.56 Å². The maximum Gasteiger partial charge on any atom is 0.257 e. The summed E-state index contributed by atoms with van der Waals surface area (Å²) < 4.78 is 1.78. The molecule has 3 aromatic rings. The number of nitrogens with zero attached hydrogens (tertiary/aromatic N) is 5. The Balaban J connectivity index is 1.54. The lowest BCUT2D eigenvalue weighted by Crippen LogP contribution is -2.47. The van der Waals surface area contributed by atoms with E-state index in [9.17, 15) is 4.79 Å².